The molecule has 1 atom stereocenters. The lowest BCUT2D eigenvalue weighted by Gasteiger charge is -2.36. The van der Waals surface area contributed by atoms with Crippen molar-refractivity contribution in [3.63, 3.8) is 0 Å². The number of nitrogens with one attached hydrogen (secondary N) is 2. The molecule has 0 aliphatic carbocycles. The Balaban J connectivity index is 1.42. The number of fused-ring (bicyclic) bond motifs is 1. The van der Waals surface area contributed by atoms with E-state index < -0.39 is 11.8 Å². The number of benzene rings is 2. The average Bonchev–Trinajstić information content (AvgIpc) is 2.84. The zero-order chi connectivity index (χ0) is 23.2. The Hall–Kier alpha value is -2.57. The highest BCUT2D eigenvalue weighted by atomic mass is 35.5. The van der Waals surface area contributed by atoms with Crippen LogP contribution < -0.4 is 15.5 Å². The van der Waals surface area contributed by atoms with Crippen LogP contribution in [0.1, 0.15) is 48.4 Å². The first-order chi connectivity index (χ1) is 16.0. The van der Waals surface area contributed by atoms with Crippen molar-refractivity contribution < 1.29 is 9.59 Å². The maximum Gasteiger partial charge on any atom is 0.309 e. The minimum Gasteiger partial charge on any atom is -0.374 e. The fourth-order valence-electron chi connectivity index (χ4n) is 4.87. The highest BCUT2D eigenvalue weighted by Crippen LogP contribution is 2.31. The average molecular weight is 469 g/mol. The first-order valence-corrected chi connectivity index (χ1v) is 12.3. The number of amides is 2. The molecule has 2 N–H and O–H groups in total. The third-order valence-corrected chi connectivity index (χ3v) is 7.10. The minimum absolute atomic E-state index is 0.0585. The van der Waals surface area contributed by atoms with Crippen LogP contribution >= 0.6 is 11.6 Å². The molecular formula is C26H33ClN4O2. The zero-order valence-corrected chi connectivity index (χ0v) is 20.0. The van der Waals surface area contributed by atoms with Crippen molar-refractivity contribution in [3.05, 3.63) is 64.2 Å². The van der Waals surface area contributed by atoms with Gasteiger partial charge in [0, 0.05) is 37.4 Å². The molecule has 2 heterocycles. The van der Waals surface area contributed by atoms with Gasteiger partial charge in [-0.15, -0.1) is 0 Å². The quantitative estimate of drug-likeness (QED) is 0.635. The van der Waals surface area contributed by atoms with Crippen molar-refractivity contribution >= 4 is 29.1 Å². The van der Waals surface area contributed by atoms with Crippen LogP contribution in [0.2, 0.25) is 5.02 Å². The number of piperidine rings is 1. The molecule has 0 unspecified atom stereocenters. The van der Waals surface area contributed by atoms with E-state index in [1.165, 1.54) is 23.2 Å². The summed E-state index contributed by atoms with van der Waals surface area (Å²) in [7, 11) is 2.14. The van der Waals surface area contributed by atoms with Gasteiger partial charge in [0.25, 0.3) is 0 Å². The zero-order valence-electron chi connectivity index (χ0n) is 19.3. The summed E-state index contributed by atoms with van der Waals surface area (Å²) in [6.45, 7) is 3.74. The van der Waals surface area contributed by atoms with Crippen LogP contribution in [0.3, 0.4) is 0 Å². The van der Waals surface area contributed by atoms with Crippen LogP contribution in [0.15, 0.2) is 42.5 Å². The van der Waals surface area contributed by atoms with Crippen LogP contribution in [-0.4, -0.2) is 49.9 Å². The van der Waals surface area contributed by atoms with E-state index in [4.69, 9.17) is 11.6 Å². The molecule has 0 aromatic heterocycles. The molecule has 0 radical (unpaired) electrons. The number of hydrogen-bond donors (Lipinski definition) is 2. The summed E-state index contributed by atoms with van der Waals surface area (Å²) in [5.41, 5.74) is 4.66. The van der Waals surface area contributed by atoms with E-state index in [2.05, 4.69) is 45.7 Å². The Morgan fingerprint density at radius 3 is 2.52 bits per heavy atom. The monoisotopic (exact) mass is 468 g/mol. The van der Waals surface area contributed by atoms with Gasteiger partial charge in [-0.2, -0.15) is 0 Å². The summed E-state index contributed by atoms with van der Waals surface area (Å²) in [4.78, 5) is 29.7. The Labute approximate surface area is 201 Å². The molecule has 2 amide bonds. The number of likely N-dealkylation sites (tertiary alicyclic amines) is 1. The smallest absolute Gasteiger partial charge is 0.309 e. The molecule has 6 nitrogen and oxygen atoms in total. The molecule has 7 heteroatoms. The molecule has 4 rings (SSSR count). The summed E-state index contributed by atoms with van der Waals surface area (Å²) in [5.74, 6) is -1.25. The van der Waals surface area contributed by atoms with Crippen molar-refractivity contribution in [1.29, 1.82) is 0 Å². The van der Waals surface area contributed by atoms with E-state index in [1.807, 2.05) is 18.2 Å². The van der Waals surface area contributed by atoms with Gasteiger partial charge in [0.2, 0.25) is 0 Å². The summed E-state index contributed by atoms with van der Waals surface area (Å²) >= 11 is 6.14. The Morgan fingerprint density at radius 1 is 0.970 bits per heavy atom. The molecule has 0 bridgehead atoms. The molecule has 33 heavy (non-hydrogen) atoms. The minimum atomic E-state index is -0.639. The molecule has 1 fully saturated rings. The first-order valence-electron chi connectivity index (χ1n) is 11.9. The highest BCUT2D eigenvalue weighted by molar-refractivity contribution is 6.35. The van der Waals surface area contributed by atoms with Crippen molar-refractivity contribution in [2.75, 3.05) is 38.1 Å². The predicted molar refractivity (Wildman–Crippen MR) is 133 cm³/mol. The van der Waals surface area contributed by atoms with Crippen LogP contribution in [0.25, 0.3) is 0 Å². The molecule has 0 saturated carbocycles. The van der Waals surface area contributed by atoms with Crippen molar-refractivity contribution in [3.8, 4) is 0 Å². The number of rotatable bonds is 6. The van der Waals surface area contributed by atoms with E-state index in [0.29, 0.717) is 11.6 Å². The summed E-state index contributed by atoms with van der Waals surface area (Å²) < 4.78 is 0. The summed E-state index contributed by atoms with van der Waals surface area (Å²) in [6.07, 6.45) is 5.81. The predicted octanol–water partition coefficient (Wildman–Crippen LogP) is 3.68. The van der Waals surface area contributed by atoms with Gasteiger partial charge in [-0.3, -0.25) is 14.5 Å². The lowest BCUT2D eigenvalue weighted by atomic mass is 9.95. The maximum atomic E-state index is 12.6. The number of halogens is 1. The Morgan fingerprint density at radius 2 is 1.73 bits per heavy atom. The molecule has 2 aromatic rings. The molecular weight excluding hydrogens is 436 g/mol. The van der Waals surface area contributed by atoms with Gasteiger partial charge in [-0.1, -0.05) is 48.4 Å². The fraction of sp³-hybridized carbons (Fsp3) is 0.462. The number of carbonyl (C=O) groups is 2. The number of hydrogen-bond acceptors (Lipinski definition) is 4. The van der Waals surface area contributed by atoms with Crippen LogP contribution in [-0.2, 0) is 22.6 Å². The third-order valence-electron chi connectivity index (χ3n) is 6.73. The molecule has 2 aliphatic rings. The van der Waals surface area contributed by atoms with Gasteiger partial charge in [-0.25, -0.2) is 0 Å². The van der Waals surface area contributed by atoms with Crippen molar-refractivity contribution in [2.24, 2.45) is 0 Å². The first kappa shape index (κ1) is 23.6. The van der Waals surface area contributed by atoms with Crippen molar-refractivity contribution in [2.45, 2.75) is 44.7 Å². The standard InChI is InChI=1S/C26H33ClN4O2/c1-30-13-7-9-19-16-20(11-12-23(19)30)24(31-14-5-2-6-15-31)18-29-26(33)25(32)28-17-21-8-3-4-10-22(21)27/h3-4,8,10-12,16,24H,2,5-7,9,13-15,17-18H2,1H3,(H,28,32)(H,29,33)/t24-/m0/s1. The van der Waals surface area contributed by atoms with Crippen LogP contribution in [0, 0.1) is 0 Å². The lowest BCUT2D eigenvalue weighted by molar-refractivity contribution is -0.139. The molecule has 0 spiro atoms. The highest BCUT2D eigenvalue weighted by Gasteiger charge is 2.25. The summed E-state index contributed by atoms with van der Waals surface area (Å²) in [6, 6.07) is 14.0. The van der Waals surface area contributed by atoms with Gasteiger partial charge < -0.3 is 15.5 Å². The second kappa shape index (κ2) is 11.0. The molecule has 2 aliphatic heterocycles. The number of nitrogens with zero attached hydrogens (tertiary/aromatic N) is 2. The Bertz CT molecular complexity index is 990. The topological polar surface area (TPSA) is 64.7 Å². The third kappa shape index (κ3) is 5.87. The van der Waals surface area contributed by atoms with E-state index >= 15 is 0 Å². The number of aryl methyl sites for hydroxylation is 1. The van der Waals surface area contributed by atoms with E-state index in [9.17, 15) is 9.59 Å². The van der Waals surface area contributed by atoms with Crippen LogP contribution in [0.5, 0.6) is 0 Å². The van der Waals surface area contributed by atoms with E-state index in [0.717, 1.165) is 50.9 Å². The summed E-state index contributed by atoms with van der Waals surface area (Å²) in [5, 5.41) is 6.13. The second-order valence-corrected chi connectivity index (χ2v) is 9.42. The number of anilines is 1. The van der Waals surface area contributed by atoms with Crippen LogP contribution in [0.4, 0.5) is 5.69 Å². The largest absolute Gasteiger partial charge is 0.374 e. The molecule has 1 saturated heterocycles. The number of carbonyl (C=O) groups excluding carboxylic acids is 2. The SMILES string of the molecule is CN1CCCc2cc([C@H](CNC(=O)C(=O)NCc3ccccc3Cl)N3CCCCC3)ccc21. The molecule has 176 valence electrons. The van der Waals surface area contributed by atoms with Gasteiger partial charge in [-0.05, 0) is 67.6 Å². The van der Waals surface area contributed by atoms with E-state index in [1.54, 1.807) is 6.07 Å². The van der Waals surface area contributed by atoms with Gasteiger partial charge in [0.1, 0.15) is 0 Å². The second-order valence-electron chi connectivity index (χ2n) is 9.01. The van der Waals surface area contributed by atoms with Gasteiger partial charge in [0.05, 0.1) is 6.04 Å². The van der Waals surface area contributed by atoms with E-state index in [-0.39, 0.29) is 12.6 Å². The fourth-order valence-corrected chi connectivity index (χ4v) is 5.07. The van der Waals surface area contributed by atoms with Gasteiger partial charge in [0.15, 0.2) is 0 Å². The Kier molecular flexibility index (Phi) is 7.89. The normalized spacial score (nSPS) is 17.2. The molecule has 2 aromatic carbocycles. The maximum absolute atomic E-state index is 12.6. The van der Waals surface area contributed by atoms with Gasteiger partial charge >= 0.3 is 11.8 Å². The van der Waals surface area contributed by atoms with Crippen molar-refractivity contribution in [1.82, 2.24) is 15.5 Å². The lowest BCUT2D eigenvalue weighted by Crippen LogP contribution is -2.45.